The van der Waals surface area contributed by atoms with Crippen molar-refractivity contribution >= 4 is 5.91 Å². The number of amides is 1. The first-order chi connectivity index (χ1) is 7.75. The van der Waals surface area contributed by atoms with Crippen LogP contribution in [0.2, 0.25) is 0 Å². The van der Waals surface area contributed by atoms with E-state index in [-0.39, 0.29) is 0 Å². The highest BCUT2D eigenvalue weighted by atomic mass is 16.2. The van der Waals surface area contributed by atoms with Gasteiger partial charge in [-0.1, -0.05) is 0 Å². The molecule has 1 N–H and O–H groups in total. The van der Waals surface area contributed by atoms with E-state index < -0.39 is 0 Å². The molecule has 3 nitrogen and oxygen atoms in total. The van der Waals surface area contributed by atoms with E-state index in [4.69, 9.17) is 0 Å². The molecular formula is C13H20N2O. The van der Waals surface area contributed by atoms with Crippen LogP contribution in [0, 0.1) is 5.92 Å². The van der Waals surface area contributed by atoms with Gasteiger partial charge in [0.15, 0.2) is 0 Å². The van der Waals surface area contributed by atoms with E-state index in [1.807, 2.05) is 6.92 Å². The van der Waals surface area contributed by atoms with E-state index >= 15 is 0 Å². The van der Waals surface area contributed by atoms with Crippen molar-refractivity contribution in [2.45, 2.75) is 38.6 Å². The summed E-state index contributed by atoms with van der Waals surface area (Å²) in [5.41, 5.74) is 2.32. The summed E-state index contributed by atoms with van der Waals surface area (Å²) in [7, 11) is 0. The van der Waals surface area contributed by atoms with E-state index in [0.29, 0.717) is 11.9 Å². The Morgan fingerprint density at radius 3 is 2.44 bits per heavy atom. The monoisotopic (exact) mass is 220 g/mol. The lowest BCUT2D eigenvalue weighted by atomic mass is 10.0. The van der Waals surface area contributed by atoms with Crippen molar-refractivity contribution in [1.29, 1.82) is 0 Å². The minimum Gasteiger partial charge on any atom is -0.336 e. The fourth-order valence-electron chi connectivity index (χ4n) is 2.24. The normalized spacial score (nSPS) is 23.9. The molecule has 0 unspecified atom stereocenters. The Labute approximate surface area is 96.9 Å². The van der Waals surface area contributed by atoms with E-state index in [0.717, 1.165) is 31.1 Å². The largest absolute Gasteiger partial charge is 0.336 e. The molecule has 0 bridgehead atoms. The molecule has 2 aliphatic carbocycles. The first-order valence-electron chi connectivity index (χ1n) is 6.46. The number of rotatable bonds is 4. The van der Waals surface area contributed by atoms with Gasteiger partial charge in [0.25, 0.3) is 0 Å². The van der Waals surface area contributed by atoms with E-state index in [2.05, 4.69) is 10.2 Å². The molecule has 0 atom stereocenters. The minimum absolute atomic E-state index is 0.311. The van der Waals surface area contributed by atoms with Gasteiger partial charge in [0.1, 0.15) is 0 Å². The average molecular weight is 220 g/mol. The van der Waals surface area contributed by atoms with Crippen molar-refractivity contribution in [3.8, 4) is 0 Å². The number of hydrogen-bond donors (Lipinski definition) is 1. The molecule has 0 aromatic heterocycles. The summed E-state index contributed by atoms with van der Waals surface area (Å²) < 4.78 is 0. The fraction of sp³-hybridized carbons (Fsp3) is 0.769. The topological polar surface area (TPSA) is 32.3 Å². The molecule has 0 spiro atoms. The molecule has 2 saturated carbocycles. The number of carbonyl (C=O) groups excluding carboxylic acids is 1. The lowest BCUT2D eigenvalue weighted by Crippen LogP contribution is -2.40. The van der Waals surface area contributed by atoms with Crippen molar-refractivity contribution in [2.75, 3.05) is 19.6 Å². The van der Waals surface area contributed by atoms with Crippen LogP contribution < -0.4 is 5.32 Å². The molecule has 0 radical (unpaired) electrons. The van der Waals surface area contributed by atoms with Gasteiger partial charge in [-0.3, -0.25) is 4.79 Å². The van der Waals surface area contributed by atoms with Crippen LogP contribution >= 0.6 is 0 Å². The maximum Gasteiger partial charge on any atom is 0.249 e. The smallest absolute Gasteiger partial charge is 0.249 e. The van der Waals surface area contributed by atoms with Gasteiger partial charge in [0, 0.05) is 31.2 Å². The summed E-state index contributed by atoms with van der Waals surface area (Å²) >= 11 is 0. The second-order valence-corrected chi connectivity index (χ2v) is 5.46. The Bertz CT molecular complexity index is 334. The molecule has 3 fully saturated rings. The van der Waals surface area contributed by atoms with E-state index in [1.165, 1.54) is 31.3 Å². The number of nitrogens with one attached hydrogen (secondary N) is 1. The minimum atomic E-state index is 0.311. The van der Waals surface area contributed by atoms with Gasteiger partial charge >= 0.3 is 0 Å². The SMILES string of the molecule is CC(C(=O)N(CC1CC1)C1CC1)=C1CNC1. The van der Waals surface area contributed by atoms with Gasteiger partial charge in [-0.2, -0.15) is 0 Å². The van der Waals surface area contributed by atoms with Crippen LogP contribution in [-0.4, -0.2) is 36.5 Å². The Hall–Kier alpha value is -0.830. The van der Waals surface area contributed by atoms with Crippen LogP contribution in [0.3, 0.4) is 0 Å². The number of hydrogen-bond acceptors (Lipinski definition) is 2. The maximum atomic E-state index is 12.4. The molecule has 1 amide bonds. The standard InChI is InChI=1S/C13H20N2O/c1-9(11-6-14-7-11)13(16)15(12-4-5-12)8-10-2-3-10/h10,12,14H,2-8H2,1H3. The van der Waals surface area contributed by atoms with Crippen LogP contribution in [0.1, 0.15) is 32.6 Å². The van der Waals surface area contributed by atoms with Gasteiger partial charge in [0.2, 0.25) is 5.91 Å². The fourth-order valence-corrected chi connectivity index (χ4v) is 2.24. The second kappa shape index (κ2) is 3.88. The molecule has 3 aliphatic rings. The van der Waals surface area contributed by atoms with Crippen molar-refractivity contribution < 1.29 is 4.79 Å². The lowest BCUT2D eigenvalue weighted by molar-refractivity contribution is -0.128. The summed E-state index contributed by atoms with van der Waals surface area (Å²) in [4.78, 5) is 14.5. The zero-order chi connectivity index (χ0) is 11.1. The van der Waals surface area contributed by atoms with E-state index in [9.17, 15) is 4.79 Å². The van der Waals surface area contributed by atoms with Gasteiger partial charge < -0.3 is 10.2 Å². The summed E-state index contributed by atoms with van der Waals surface area (Å²) in [6.45, 7) is 4.85. The molecular weight excluding hydrogens is 200 g/mol. The zero-order valence-corrected chi connectivity index (χ0v) is 9.96. The molecule has 1 aliphatic heterocycles. The Morgan fingerprint density at radius 2 is 2.00 bits per heavy atom. The third kappa shape index (κ3) is 2.01. The molecule has 0 aromatic rings. The summed E-state index contributed by atoms with van der Waals surface area (Å²) in [5, 5.41) is 3.21. The Kier molecular flexibility index (Phi) is 2.51. The second-order valence-electron chi connectivity index (χ2n) is 5.46. The highest BCUT2D eigenvalue weighted by molar-refractivity contribution is 5.94. The van der Waals surface area contributed by atoms with Crippen LogP contribution in [0.15, 0.2) is 11.1 Å². The van der Waals surface area contributed by atoms with Gasteiger partial charge in [-0.25, -0.2) is 0 Å². The van der Waals surface area contributed by atoms with Crippen LogP contribution in [0.25, 0.3) is 0 Å². The third-order valence-electron chi connectivity index (χ3n) is 3.93. The predicted octanol–water partition coefficient (Wildman–Crippen LogP) is 1.31. The first-order valence-corrected chi connectivity index (χ1v) is 6.46. The highest BCUT2D eigenvalue weighted by Gasteiger charge is 2.37. The third-order valence-corrected chi connectivity index (χ3v) is 3.93. The van der Waals surface area contributed by atoms with Crippen LogP contribution in [0.4, 0.5) is 0 Å². The predicted molar refractivity (Wildman–Crippen MR) is 63.0 cm³/mol. The van der Waals surface area contributed by atoms with Gasteiger partial charge in [0.05, 0.1) is 0 Å². The van der Waals surface area contributed by atoms with Crippen LogP contribution in [-0.2, 0) is 4.79 Å². The molecule has 3 heteroatoms. The van der Waals surface area contributed by atoms with Crippen LogP contribution in [0.5, 0.6) is 0 Å². The maximum absolute atomic E-state index is 12.4. The number of carbonyl (C=O) groups is 1. The quantitative estimate of drug-likeness (QED) is 0.724. The molecule has 1 heterocycles. The molecule has 1 saturated heterocycles. The molecule has 88 valence electrons. The zero-order valence-electron chi connectivity index (χ0n) is 9.96. The number of nitrogens with zero attached hydrogens (tertiary/aromatic N) is 1. The Morgan fingerprint density at radius 1 is 1.31 bits per heavy atom. The molecule has 0 aromatic carbocycles. The summed E-state index contributed by atoms with van der Waals surface area (Å²) in [5.74, 6) is 1.12. The van der Waals surface area contributed by atoms with E-state index in [1.54, 1.807) is 0 Å². The van der Waals surface area contributed by atoms with Gasteiger partial charge in [-0.05, 0) is 44.1 Å². The van der Waals surface area contributed by atoms with Gasteiger partial charge in [-0.15, -0.1) is 0 Å². The first kappa shape index (κ1) is 10.3. The average Bonchev–Trinajstić information content (AvgIpc) is 3.01. The molecule has 3 rings (SSSR count). The van der Waals surface area contributed by atoms with Crippen molar-refractivity contribution in [2.24, 2.45) is 5.92 Å². The summed E-state index contributed by atoms with van der Waals surface area (Å²) in [6, 6.07) is 0.566. The summed E-state index contributed by atoms with van der Waals surface area (Å²) in [6.07, 6.45) is 5.10. The lowest BCUT2D eigenvalue weighted by Gasteiger charge is -2.27. The highest BCUT2D eigenvalue weighted by Crippen LogP contribution is 2.35. The Balaban J connectivity index is 1.69. The van der Waals surface area contributed by atoms with Crippen molar-refractivity contribution in [3.63, 3.8) is 0 Å². The van der Waals surface area contributed by atoms with Crippen molar-refractivity contribution in [1.82, 2.24) is 10.2 Å². The van der Waals surface area contributed by atoms with Crippen molar-refractivity contribution in [3.05, 3.63) is 11.1 Å². The molecule has 16 heavy (non-hydrogen) atoms.